The molecule has 1 aromatic rings. The average molecular weight is 227 g/mol. The summed E-state index contributed by atoms with van der Waals surface area (Å²) in [6.07, 6.45) is 2.23. The minimum Gasteiger partial charge on any atom is -0.493 e. The predicted octanol–water partition coefficient (Wildman–Crippen LogP) is 2.23. The zero-order valence-electron chi connectivity index (χ0n) is 8.74. The van der Waals surface area contributed by atoms with Gasteiger partial charge in [0, 0.05) is 6.54 Å². The maximum Gasteiger partial charge on any atom is 0.160 e. The lowest BCUT2D eigenvalue weighted by molar-refractivity contribution is 0.414. The Kier molecular flexibility index (Phi) is 3.03. The summed E-state index contributed by atoms with van der Waals surface area (Å²) in [5.74, 6) is 0.719. The summed E-state index contributed by atoms with van der Waals surface area (Å²) >= 11 is 6.06. The number of ether oxygens (including phenoxy) is 1. The van der Waals surface area contributed by atoms with Gasteiger partial charge in [0.15, 0.2) is 5.75 Å². The number of nitrogens with zero attached hydrogens (tertiary/aromatic N) is 1. The highest BCUT2D eigenvalue weighted by Crippen LogP contribution is 2.37. The van der Waals surface area contributed by atoms with Crippen LogP contribution in [0.25, 0.3) is 0 Å². The van der Waals surface area contributed by atoms with Crippen molar-refractivity contribution in [2.45, 2.75) is 19.0 Å². The van der Waals surface area contributed by atoms with Crippen LogP contribution in [-0.2, 0) is 0 Å². The number of hydrogen-bond acceptors (Lipinski definition) is 3. The molecule has 1 unspecified atom stereocenters. The van der Waals surface area contributed by atoms with E-state index < -0.39 is 0 Å². The Morgan fingerprint density at radius 2 is 2.33 bits per heavy atom. The zero-order chi connectivity index (χ0) is 10.8. The van der Waals surface area contributed by atoms with Crippen molar-refractivity contribution in [3.05, 3.63) is 23.2 Å². The standard InChI is InChI=1S/C11H15ClN2O/c1-15-11-8(12)4-2-5-9(11)14-7-3-6-10(14)13/h2,4-5,10H,3,6-7,13H2,1H3. The highest BCUT2D eigenvalue weighted by molar-refractivity contribution is 6.32. The second-order valence-corrected chi connectivity index (χ2v) is 4.10. The molecule has 2 N–H and O–H groups in total. The van der Waals surface area contributed by atoms with Crippen molar-refractivity contribution < 1.29 is 4.74 Å². The molecule has 82 valence electrons. The van der Waals surface area contributed by atoms with Gasteiger partial charge in [0.05, 0.1) is 24.0 Å². The molecule has 1 saturated heterocycles. The molecule has 4 heteroatoms. The number of anilines is 1. The lowest BCUT2D eigenvalue weighted by Crippen LogP contribution is -2.36. The number of methoxy groups -OCH3 is 1. The van der Waals surface area contributed by atoms with Crippen LogP contribution in [0, 0.1) is 0 Å². The molecule has 0 aromatic heterocycles. The van der Waals surface area contributed by atoms with Gasteiger partial charge >= 0.3 is 0 Å². The van der Waals surface area contributed by atoms with E-state index in [1.54, 1.807) is 7.11 Å². The number of para-hydroxylation sites is 1. The number of nitrogens with two attached hydrogens (primary N) is 1. The fourth-order valence-corrected chi connectivity index (χ4v) is 2.26. The Labute approximate surface area is 94.8 Å². The fourth-order valence-electron chi connectivity index (χ4n) is 2.02. The van der Waals surface area contributed by atoms with Gasteiger partial charge in [-0.2, -0.15) is 0 Å². The molecule has 1 fully saturated rings. The third kappa shape index (κ3) is 1.90. The third-order valence-electron chi connectivity index (χ3n) is 2.76. The molecule has 0 spiro atoms. The zero-order valence-corrected chi connectivity index (χ0v) is 9.50. The quantitative estimate of drug-likeness (QED) is 0.841. The maximum absolute atomic E-state index is 6.06. The molecule has 0 aliphatic carbocycles. The van der Waals surface area contributed by atoms with Crippen LogP contribution in [0.2, 0.25) is 5.02 Å². The molecule has 0 amide bonds. The normalized spacial score (nSPS) is 20.7. The fraction of sp³-hybridized carbons (Fsp3) is 0.455. The van der Waals surface area contributed by atoms with E-state index in [0.29, 0.717) is 5.02 Å². The minimum atomic E-state index is 0.0809. The van der Waals surface area contributed by atoms with Crippen LogP contribution < -0.4 is 15.4 Å². The van der Waals surface area contributed by atoms with Gasteiger partial charge < -0.3 is 15.4 Å². The van der Waals surface area contributed by atoms with Crippen LogP contribution in [0.5, 0.6) is 5.75 Å². The monoisotopic (exact) mass is 226 g/mol. The smallest absolute Gasteiger partial charge is 0.160 e. The van der Waals surface area contributed by atoms with E-state index in [9.17, 15) is 0 Å². The summed E-state index contributed by atoms with van der Waals surface area (Å²) in [6, 6.07) is 5.74. The minimum absolute atomic E-state index is 0.0809. The van der Waals surface area contributed by atoms with E-state index in [4.69, 9.17) is 22.1 Å². The van der Waals surface area contributed by atoms with Crippen LogP contribution in [-0.4, -0.2) is 19.8 Å². The molecule has 0 bridgehead atoms. The Morgan fingerprint density at radius 1 is 1.53 bits per heavy atom. The van der Waals surface area contributed by atoms with Gasteiger partial charge in [-0.1, -0.05) is 17.7 Å². The van der Waals surface area contributed by atoms with Gasteiger partial charge in [-0.05, 0) is 25.0 Å². The summed E-state index contributed by atoms with van der Waals surface area (Å²) < 4.78 is 5.31. The third-order valence-corrected chi connectivity index (χ3v) is 3.06. The van der Waals surface area contributed by atoms with E-state index in [1.165, 1.54) is 0 Å². The Hall–Kier alpha value is -0.930. The van der Waals surface area contributed by atoms with Gasteiger partial charge in [-0.15, -0.1) is 0 Å². The predicted molar refractivity (Wildman–Crippen MR) is 62.6 cm³/mol. The molecule has 15 heavy (non-hydrogen) atoms. The summed E-state index contributed by atoms with van der Waals surface area (Å²) in [5, 5.41) is 0.633. The molecule has 1 atom stereocenters. The van der Waals surface area contributed by atoms with Gasteiger partial charge in [0.2, 0.25) is 0 Å². The van der Waals surface area contributed by atoms with E-state index in [0.717, 1.165) is 30.8 Å². The van der Waals surface area contributed by atoms with Crippen molar-refractivity contribution in [1.29, 1.82) is 0 Å². The second kappa shape index (κ2) is 4.29. The van der Waals surface area contributed by atoms with Crippen molar-refractivity contribution >= 4 is 17.3 Å². The van der Waals surface area contributed by atoms with Crippen molar-refractivity contribution in [2.75, 3.05) is 18.6 Å². The summed E-state index contributed by atoms with van der Waals surface area (Å²) in [6.45, 7) is 0.970. The average Bonchev–Trinajstić information content (AvgIpc) is 2.64. The van der Waals surface area contributed by atoms with E-state index in [2.05, 4.69) is 4.90 Å². The van der Waals surface area contributed by atoms with Crippen LogP contribution >= 0.6 is 11.6 Å². The summed E-state index contributed by atoms with van der Waals surface area (Å²) in [4.78, 5) is 2.14. The first-order valence-electron chi connectivity index (χ1n) is 5.08. The molecule has 0 radical (unpaired) electrons. The Bertz CT molecular complexity index is 356. The van der Waals surface area contributed by atoms with Gasteiger partial charge in [-0.3, -0.25) is 0 Å². The number of benzene rings is 1. The van der Waals surface area contributed by atoms with Crippen LogP contribution in [0.3, 0.4) is 0 Å². The van der Waals surface area contributed by atoms with Gasteiger partial charge in [0.1, 0.15) is 0 Å². The van der Waals surface area contributed by atoms with Gasteiger partial charge in [-0.25, -0.2) is 0 Å². The maximum atomic E-state index is 6.06. The van der Waals surface area contributed by atoms with Crippen LogP contribution in [0.15, 0.2) is 18.2 Å². The largest absolute Gasteiger partial charge is 0.493 e. The highest BCUT2D eigenvalue weighted by atomic mass is 35.5. The van der Waals surface area contributed by atoms with E-state index in [-0.39, 0.29) is 6.17 Å². The Balaban J connectivity index is 2.38. The molecule has 2 rings (SSSR count). The van der Waals surface area contributed by atoms with Crippen molar-refractivity contribution in [3.63, 3.8) is 0 Å². The number of hydrogen-bond donors (Lipinski definition) is 1. The van der Waals surface area contributed by atoms with Crippen molar-refractivity contribution in [1.82, 2.24) is 0 Å². The molecule has 1 aliphatic heterocycles. The van der Waals surface area contributed by atoms with Gasteiger partial charge in [0.25, 0.3) is 0 Å². The highest BCUT2D eigenvalue weighted by Gasteiger charge is 2.24. The van der Waals surface area contributed by atoms with E-state index >= 15 is 0 Å². The number of rotatable bonds is 2. The molecule has 3 nitrogen and oxygen atoms in total. The lowest BCUT2D eigenvalue weighted by atomic mass is 10.2. The SMILES string of the molecule is COc1c(Cl)cccc1N1CCCC1N. The Morgan fingerprint density at radius 3 is 2.93 bits per heavy atom. The molecule has 1 aromatic carbocycles. The first kappa shape index (κ1) is 10.6. The first-order valence-corrected chi connectivity index (χ1v) is 5.46. The molecule has 1 heterocycles. The van der Waals surface area contributed by atoms with Crippen LogP contribution in [0.4, 0.5) is 5.69 Å². The van der Waals surface area contributed by atoms with Crippen LogP contribution in [0.1, 0.15) is 12.8 Å². The molecular formula is C11H15ClN2O. The molecular weight excluding hydrogens is 212 g/mol. The summed E-state index contributed by atoms with van der Waals surface area (Å²) in [5.41, 5.74) is 7.01. The lowest BCUT2D eigenvalue weighted by Gasteiger charge is -2.25. The topological polar surface area (TPSA) is 38.5 Å². The molecule has 1 aliphatic rings. The second-order valence-electron chi connectivity index (χ2n) is 3.70. The first-order chi connectivity index (χ1) is 7.24. The van der Waals surface area contributed by atoms with Crippen molar-refractivity contribution in [2.24, 2.45) is 5.73 Å². The number of halogens is 1. The molecule has 0 saturated carbocycles. The summed E-state index contributed by atoms with van der Waals surface area (Å²) in [7, 11) is 1.63. The van der Waals surface area contributed by atoms with E-state index in [1.807, 2.05) is 18.2 Å². The van der Waals surface area contributed by atoms with Crippen molar-refractivity contribution in [3.8, 4) is 5.75 Å².